The first-order valence-electron chi connectivity index (χ1n) is 6.05. The number of hydrogen-bond donors (Lipinski definition) is 3. The molecular formula is C13H14F3NO4. The van der Waals surface area contributed by atoms with Gasteiger partial charge in [-0.15, -0.1) is 0 Å². The third-order valence-electron chi connectivity index (χ3n) is 2.69. The summed E-state index contributed by atoms with van der Waals surface area (Å²) in [4.78, 5) is 22.7. The van der Waals surface area contributed by atoms with Crippen molar-refractivity contribution in [2.24, 2.45) is 5.92 Å². The Kier molecular flexibility index (Phi) is 5.17. The van der Waals surface area contributed by atoms with E-state index in [0.717, 1.165) is 0 Å². The Balaban J connectivity index is 3.06. The number of hydrogen-bond acceptors (Lipinski definition) is 3. The average molecular weight is 305 g/mol. The standard InChI is InChI=1S/C13H14F3NO4/c1-5(2)3-8(13(20)21)17-12(19)6-4-7(14)10(16)11(18)9(6)15/h4-5,8,18H,3H2,1-2H3,(H,17,19)(H,20,21)/t8-/m1/s1. The van der Waals surface area contributed by atoms with Gasteiger partial charge in [-0.1, -0.05) is 13.8 Å². The summed E-state index contributed by atoms with van der Waals surface area (Å²) < 4.78 is 39.5. The van der Waals surface area contributed by atoms with Crippen LogP contribution in [0.5, 0.6) is 5.75 Å². The molecule has 0 aliphatic heterocycles. The topological polar surface area (TPSA) is 86.6 Å². The lowest BCUT2D eigenvalue weighted by atomic mass is 10.0. The molecule has 1 atom stereocenters. The fourth-order valence-corrected chi connectivity index (χ4v) is 1.68. The number of nitrogens with one attached hydrogen (secondary N) is 1. The highest BCUT2D eigenvalue weighted by Gasteiger charge is 2.26. The van der Waals surface area contributed by atoms with Crippen LogP contribution in [0.15, 0.2) is 6.07 Å². The van der Waals surface area contributed by atoms with E-state index in [9.17, 15) is 22.8 Å². The van der Waals surface area contributed by atoms with Crippen molar-refractivity contribution in [1.29, 1.82) is 0 Å². The van der Waals surface area contributed by atoms with Crippen molar-refractivity contribution >= 4 is 11.9 Å². The van der Waals surface area contributed by atoms with Crippen molar-refractivity contribution in [3.8, 4) is 5.75 Å². The summed E-state index contributed by atoms with van der Waals surface area (Å²) in [6, 6.07) is -1.05. The molecule has 116 valence electrons. The molecule has 0 saturated carbocycles. The number of carboxylic acid groups (broad SMARTS) is 1. The number of rotatable bonds is 5. The molecule has 3 N–H and O–H groups in total. The van der Waals surface area contributed by atoms with Gasteiger partial charge in [0.25, 0.3) is 5.91 Å². The van der Waals surface area contributed by atoms with Crippen LogP contribution in [0.3, 0.4) is 0 Å². The van der Waals surface area contributed by atoms with Crippen LogP contribution >= 0.6 is 0 Å². The molecule has 1 aromatic rings. The fraction of sp³-hybridized carbons (Fsp3) is 0.385. The Labute approximate surface area is 118 Å². The van der Waals surface area contributed by atoms with Crippen LogP contribution in [0.25, 0.3) is 0 Å². The first-order chi connectivity index (χ1) is 9.65. The highest BCUT2D eigenvalue weighted by molar-refractivity contribution is 5.97. The number of phenols is 1. The average Bonchev–Trinajstić information content (AvgIpc) is 2.38. The van der Waals surface area contributed by atoms with Gasteiger partial charge in [-0.3, -0.25) is 4.79 Å². The molecule has 0 unspecified atom stereocenters. The molecule has 0 saturated heterocycles. The first-order valence-corrected chi connectivity index (χ1v) is 6.05. The number of halogens is 3. The van der Waals surface area contributed by atoms with E-state index in [1.807, 2.05) is 5.32 Å². The zero-order chi connectivity index (χ0) is 16.3. The van der Waals surface area contributed by atoms with Gasteiger partial charge in [0.2, 0.25) is 5.82 Å². The Morgan fingerprint density at radius 1 is 1.24 bits per heavy atom. The molecule has 21 heavy (non-hydrogen) atoms. The van der Waals surface area contributed by atoms with Crippen LogP contribution < -0.4 is 5.32 Å². The SMILES string of the molecule is CC(C)C[C@@H](NC(=O)c1cc(F)c(F)c(O)c1F)C(=O)O. The van der Waals surface area contributed by atoms with E-state index in [0.29, 0.717) is 0 Å². The van der Waals surface area contributed by atoms with Crippen LogP contribution in [0, 0.1) is 23.4 Å². The van der Waals surface area contributed by atoms with Crippen molar-refractivity contribution in [1.82, 2.24) is 5.32 Å². The van der Waals surface area contributed by atoms with E-state index in [4.69, 9.17) is 10.2 Å². The minimum absolute atomic E-state index is 0.0678. The van der Waals surface area contributed by atoms with Crippen molar-refractivity contribution < 1.29 is 33.0 Å². The summed E-state index contributed by atoms with van der Waals surface area (Å²) in [6.45, 7) is 3.43. The maximum Gasteiger partial charge on any atom is 0.326 e. The molecule has 5 nitrogen and oxygen atoms in total. The Hall–Kier alpha value is -2.25. The van der Waals surface area contributed by atoms with Crippen LogP contribution in [0.4, 0.5) is 13.2 Å². The van der Waals surface area contributed by atoms with Gasteiger partial charge < -0.3 is 15.5 Å². The van der Waals surface area contributed by atoms with E-state index in [1.54, 1.807) is 13.8 Å². The summed E-state index contributed by atoms with van der Waals surface area (Å²) in [7, 11) is 0. The summed E-state index contributed by atoms with van der Waals surface area (Å²) >= 11 is 0. The molecule has 0 aliphatic rings. The van der Waals surface area contributed by atoms with E-state index in [-0.39, 0.29) is 18.4 Å². The molecule has 0 aromatic heterocycles. The summed E-state index contributed by atoms with van der Waals surface area (Å²) in [5.74, 6) is -9.39. The third kappa shape index (κ3) is 3.87. The molecule has 0 fully saturated rings. The molecule has 0 spiro atoms. The van der Waals surface area contributed by atoms with Gasteiger partial charge in [0.05, 0.1) is 5.56 Å². The highest BCUT2D eigenvalue weighted by Crippen LogP contribution is 2.25. The van der Waals surface area contributed by atoms with Crippen molar-refractivity contribution in [3.05, 3.63) is 29.1 Å². The van der Waals surface area contributed by atoms with E-state index >= 15 is 0 Å². The van der Waals surface area contributed by atoms with Gasteiger partial charge in [-0.2, -0.15) is 4.39 Å². The predicted octanol–water partition coefficient (Wildman–Crippen LogP) is 2.04. The van der Waals surface area contributed by atoms with Gasteiger partial charge in [0, 0.05) is 0 Å². The number of phenolic OH excluding ortho intramolecular Hbond substituents is 1. The monoisotopic (exact) mass is 305 g/mol. The molecule has 0 bridgehead atoms. The third-order valence-corrected chi connectivity index (χ3v) is 2.69. The van der Waals surface area contributed by atoms with Crippen molar-refractivity contribution in [2.45, 2.75) is 26.3 Å². The molecule has 0 heterocycles. The second-order valence-electron chi connectivity index (χ2n) is 4.88. The molecule has 1 aromatic carbocycles. The quantitative estimate of drug-likeness (QED) is 0.727. The lowest BCUT2D eigenvalue weighted by Gasteiger charge is -2.17. The number of aliphatic carboxylic acids is 1. The molecular weight excluding hydrogens is 291 g/mol. The molecule has 0 aliphatic carbocycles. The van der Waals surface area contributed by atoms with Gasteiger partial charge in [-0.05, 0) is 18.4 Å². The van der Waals surface area contributed by atoms with Crippen LogP contribution in [0.2, 0.25) is 0 Å². The largest absolute Gasteiger partial charge is 0.503 e. The van der Waals surface area contributed by atoms with Gasteiger partial charge >= 0.3 is 5.97 Å². The second kappa shape index (κ2) is 6.47. The Bertz CT molecular complexity index is 575. The van der Waals surface area contributed by atoms with Crippen LogP contribution in [-0.2, 0) is 4.79 Å². The molecule has 1 rings (SSSR count). The number of carboxylic acids is 1. The lowest BCUT2D eigenvalue weighted by molar-refractivity contribution is -0.139. The number of aromatic hydroxyl groups is 1. The maximum absolute atomic E-state index is 13.5. The summed E-state index contributed by atoms with van der Waals surface area (Å²) in [5, 5.41) is 20.0. The van der Waals surface area contributed by atoms with Crippen molar-refractivity contribution in [2.75, 3.05) is 0 Å². The zero-order valence-corrected chi connectivity index (χ0v) is 11.3. The Morgan fingerprint density at radius 3 is 2.29 bits per heavy atom. The predicted molar refractivity (Wildman–Crippen MR) is 66.3 cm³/mol. The van der Waals surface area contributed by atoms with Gasteiger partial charge in [0.1, 0.15) is 6.04 Å². The minimum atomic E-state index is -1.82. The van der Waals surface area contributed by atoms with Crippen LogP contribution in [-0.4, -0.2) is 28.1 Å². The summed E-state index contributed by atoms with van der Waals surface area (Å²) in [5.41, 5.74) is -0.971. The van der Waals surface area contributed by atoms with Crippen LogP contribution in [0.1, 0.15) is 30.6 Å². The van der Waals surface area contributed by atoms with E-state index in [1.165, 1.54) is 0 Å². The zero-order valence-electron chi connectivity index (χ0n) is 11.3. The first kappa shape index (κ1) is 16.8. The number of carbonyl (C=O) groups is 2. The van der Waals surface area contributed by atoms with E-state index < -0.39 is 46.7 Å². The number of carbonyl (C=O) groups excluding carboxylic acids is 1. The van der Waals surface area contributed by atoms with Crippen molar-refractivity contribution in [3.63, 3.8) is 0 Å². The maximum atomic E-state index is 13.5. The Morgan fingerprint density at radius 2 is 1.81 bits per heavy atom. The van der Waals surface area contributed by atoms with Gasteiger partial charge in [0.15, 0.2) is 17.4 Å². The number of amides is 1. The lowest BCUT2D eigenvalue weighted by Crippen LogP contribution is -2.42. The van der Waals surface area contributed by atoms with E-state index in [2.05, 4.69) is 0 Å². The van der Waals surface area contributed by atoms with Gasteiger partial charge in [-0.25, -0.2) is 13.6 Å². The fourth-order valence-electron chi connectivity index (χ4n) is 1.68. The molecule has 0 radical (unpaired) electrons. The highest BCUT2D eigenvalue weighted by atomic mass is 19.2. The summed E-state index contributed by atoms with van der Waals surface area (Å²) in [6.07, 6.45) is 0.0678. The minimum Gasteiger partial charge on any atom is -0.503 e. The second-order valence-corrected chi connectivity index (χ2v) is 4.88. The molecule has 8 heteroatoms. The number of benzene rings is 1. The smallest absolute Gasteiger partial charge is 0.326 e. The normalized spacial score (nSPS) is 12.3. The molecule has 1 amide bonds.